The van der Waals surface area contributed by atoms with Crippen LogP contribution in [0.4, 0.5) is 0 Å². The number of likely N-dealkylation sites (N-methyl/N-ethyl adjacent to an activating group) is 1. The molecule has 0 radical (unpaired) electrons. The first-order valence-corrected chi connectivity index (χ1v) is 9.69. The van der Waals surface area contributed by atoms with E-state index in [4.69, 9.17) is 14.0 Å². The van der Waals surface area contributed by atoms with Crippen LogP contribution in [-0.2, 0) is 22.7 Å². The van der Waals surface area contributed by atoms with Crippen molar-refractivity contribution < 1.29 is 23.6 Å². The summed E-state index contributed by atoms with van der Waals surface area (Å²) in [6, 6.07) is 19.0. The van der Waals surface area contributed by atoms with Crippen LogP contribution in [0.1, 0.15) is 34.3 Å². The number of rotatable bonds is 9. The highest BCUT2D eigenvalue weighted by molar-refractivity contribution is 5.88. The van der Waals surface area contributed by atoms with Gasteiger partial charge in [-0.05, 0) is 37.1 Å². The van der Waals surface area contributed by atoms with Crippen LogP contribution in [0.5, 0.6) is 5.75 Å². The molecule has 0 aliphatic rings. The molecule has 0 aliphatic carbocycles. The number of benzene rings is 2. The topological polar surface area (TPSA) is 81.9 Å². The van der Waals surface area contributed by atoms with E-state index in [1.165, 1.54) is 6.07 Å². The van der Waals surface area contributed by atoms with Crippen LogP contribution in [0.2, 0.25) is 0 Å². The van der Waals surface area contributed by atoms with Crippen LogP contribution in [0.3, 0.4) is 0 Å². The molecule has 2 aromatic carbocycles. The van der Waals surface area contributed by atoms with Gasteiger partial charge in [0.25, 0.3) is 5.91 Å². The zero-order chi connectivity index (χ0) is 21.3. The van der Waals surface area contributed by atoms with Crippen molar-refractivity contribution in [2.45, 2.75) is 27.0 Å². The second-order valence-corrected chi connectivity index (χ2v) is 6.73. The van der Waals surface area contributed by atoms with E-state index in [-0.39, 0.29) is 18.3 Å². The number of aromatic nitrogens is 1. The van der Waals surface area contributed by atoms with Gasteiger partial charge in [-0.15, -0.1) is 0 Å². The van der Waals surface area contributed by atoms with E-state index in [0.717, 1.165) is 16.9 Å². The SMILES string of the molecule is CCN(Cc1ccc(OCc2ccccc2)cc1)C(=O)COC(=O)c1cc(C)no1. The summed E-state index contributed by atoms with van der Waals surface area (Å²) in [5.41, 5.74) is 2.62. The van der Waals surface area contributed by atoms with Gasteiger partial charge in [0.15, 0.2) is 6.61 Å². The van der Waals surface area contributed by atoms with Crippen molar-refractivity contribution in [1.29, 1.82) is 0 Å². The van der Waals surface area contributed by atoms with Gasteiger partial charge in [0.1, 0.15) is 12.4 Å². The first kappa shape index (κ1) is 21.1. The minimum Gasteiger partial charge on any atom is -0.489 e. The van der Waals surface area contributed by atoms with Crippen molar-refractivity contribution >= 4 is 11.9 Å². The van der Waals surface area contributed by atoms with Crippen LogP contribution >= 0.6 is 0 Å². The molecule has 0 spiro atoms. The third-order valence-corrected chi connectivity index (χ3v) is 4.44. The molecule has 0 bridgehead atoms. The zero-order valence-corrected chi connectivity index (χ0v) is 17.0. The summed E-state index contributed by atoms with van der Waals surface area (Å²) in [4.78, 5) is 25.9. The van der Waals surface area contributed by atoms with Crippen molar-refractivity contribution in [2.24, 2.45) is 0 Å². The normalized spacial score (nSPS) is 10.5. The van der Waals surface area contributed by atoms with Crippen LogP contribution in [0.25, 0.3) is 0 Å². The maximum Gasteiger partial charge on any atom is 0.377 e. The first-order chi connectivity index (χ1) is 14.5. The average Bonchev–Trinajstić information content (AvgIpc) is 3.22. The molecule has 0 unspecified atom stereocenters. The van der Waals surface area contributed by atoms with Crippen LogP contribution in [0.15, 0.2) is 65.2 Å². The monoisotopic (exact) mass is 408 g/mol. The molecule has 0 N–H and O–H groups in total. The molecule has 0 fully saturated rings. The molecular weight excluding hydrogens is 384 g/mol. The summed E-state index contributed by atoms with van der Waals surface area (Å²) in [6.07, 6.45) is 0. The fourth-order valence-electron chi connectivity index (χ4n) is 2.78. The first-order valence-electron chi connectivity index (χ1n) is 9.69. The smallest absolute Gasteiger partial charge is 0.377 e. The summed E-state index contributed by atoms with van der Waals surface area (Å²) < 4.78 is 15.7. The van der Waals surface area contributed by atoms with E-state index in [1.807, 2.05) is 61.5 Å². The Morgan fingerprint density at radius 1 is 1.03 bits per heavy atom. The van der Waals surface area contributed by atoms with Gasteiger partial charge in [0.2, 0.25) is 5.76 Å². The summed E-state index contributed by atoms with van der Waals surface area (Å²) in [5.74, 6) is -0.255. The standard InChI is InChI=1S/C23H24N2O5/c1-3-25(22(26)16-29-23(27)21-13-17(2)24-30-21)14-18-9-11-20(12-10-18)28-15-19-7-5-4-6-8-19/h4-13H,3,14-16H2,1-2H3. The van der Waals surface area contributed by atoms with E-state index >= 15 is 0 Å². The van der Waals surface area contributed by atoms with Gasteiger partial charge in [-0.25, -0.2) is 4.79 Å². The number of aryl methyl sites for hydroxylation is 1. The van der Waals surface area contributed by atoms with E-state index in [1.54, 1.807) is 11.8 Å². The predicted octanol–water partition coefficient (Wildman–Crippen LogP) is 3.77. The molecule has 3 aromatic rings. The molecule has 0 saturated heterocycles. The molecule has 30 heavy (non-hydrogen) atoms. The second kappa shape index (κ2) is 10.2. The molecule has 3 rings (SSSR count). The molecule has 7 heteroatoms. The van der Waals surface area contributed by atoms with Gasteiger partial charge in [-0.2, -0.15) is 0 Å². The van der Waals surface area contributed by atoms with E-state index in [9.17, 15) is 9.59 Å². The van der Waals surface area contributed by atoms with Crippen LogP contribution < -0.4 is 4.74 Å². The van der Waals surface area contributed by atoms with Crippen molar-refractivity contribution in [2.75, 3.05) is 13.2 Å². The number of nitrogens with zero attached hydrogens (tertiary/aromatic N) is 2. The molecule has 156 valence electrons. The molecule has 0 aliphatic heterocycles. The number of amides is 1. The highest BCUT2D eigenvalue weighted by atomic mass is 16.6. The van der Waals surface area contributed by atoms with Crippen molar-refractivity contribution in [1.82, 2.24) is 10.1 Å². The van der Waals surface area contributed by atoms with Gasteiger partial charge in [0.05, 0.1) is 5.69 Å². The summed E-state index contributed by atoms with van der Waals surface area (Å²) in [7, 11) is 0. The minimum atomic E-state index is -0.708. The quantitative estimate of drug-likeness (QED) is 0.502. The third kappa shape index (κ3) is 5.94. The summed E-state index contributed by atoms with van der Waals surface area (Å²) in [5, 5.41) is 3.63. The molecular formula is C23H24N2O5. The lowest BCUT2D eigenvalue weighted by Gasteiger charge is -2.21. The highest BCUT2D eigenvalue weighted by Gasteiger charge is 2.18. The second-order valence-electron chi connectivity index (χ2n) is 6.73. The maximum absolute atomic E-state index is 12.4. The Kier molecular flexibility index (Phi) is 7.21. The zero-order valence-electron chi connectivity index (χ0n) is 17.0. The van der Waals surface area contributed by atoms with Crippen LogP contribution in [-0.4, -0.2) is 35.1 Å². The molecule has 0 saturated carbocycles. The minimum absolute atomic E-state index is 0.0190. The summed E-state index contributed by atoms with van der Waals surface area (Å²) >= 11 is 0. The predicted molar refractivity (Wildman–Crippen MR) is 110 cm³/mol. The lowest BCUT2D eigenvalue weighted by molar-refractivity contribution is -0.135. The fourth-order valence-corrected chi connectivity index (χ4v) is 2.78. The highest BCUT2D eigenvalue weighted by Crippen LogP contribution is 2.16. The number of esters is 1. The lowest BCUT2D eigenvalue weighted by atomic mass is 10.2. The number of carbonyl (C=O) groups is 2. The fraction of sp³-hybridized carbons (Fsp3) is 0.261. The molecule has 0 atom stereocenters. The molecule has 7 nitrogen and oxygen atoms in total. The lowest BCUT2D eigenvalue weighted by Crippen LogP contribution is -2.34. The van der Waals surface area contributed by atoms with Crippen molar-refractivity contribution in [3.05, 3.63) is 83.2 Å². The van der Waals surface area contributed by atoms with Gasteiger partial charge in [-0.3, -0.25) is 4.79 Å². The number of carbonyl (C=O) groups excluding carboxylic acids is 2. The Balaban J connectivity index is 1.49. The van der Waals surface area contributed by atoms with Crippen molar-refractivity contribution in [3.8, 4) is 5.75 Å². The number of hydrogen-bond acceptors (Lipinski definition) is 6. The third-order valence-electron chi connectivity index (χ3n) is 4.44. The Labute approximate surface area is 175 Å². The summed E-state index contributed by atoms with van der Waals surface area (Å²) in [6.45, 7) is 4.61. The van der Waals surface area contributed by atoms with Crippen LogP contribution in [0, 0.1) is 6.92 Å². The van der Waals surface area contributed by atoms with E-state index in [2.05, 4.69) is 5.16 Å². The van der Waals surface area contributed by atoms with E-state index in [0.29, 0.717) is 25.4 Å². The Morgan fingerprint density at radius 3 is 2.40 bits per heavy atom. The largest absolute Gasteiger partial charge is 0.489 e. The maximum atomic E-state index is 12.4. The van der Waals surface area contributed by atoms with Gasteiger partial charge in [-0.1, -0.05) is 47.6 Å². The van der Waals surface area contributed by atoms with E-state index < -0.39 is 5.97 Å². The van der Waals surface area contributed by atoms with Gasteiger partial charge in [0, 0.05) is 19.2 Å². The molecule has 1 heterocycles. The van der Waals surface area contributed by atoms with Gasteiger partial charge >= 0.3 is 5.97 Å². The van der Waals surface area contributed by atoms with Crippen molar-refractivity contribution in [3.63, 3.8) is 0 Å². The molecule has 1 amide bonds. The Bertz CT molecular complexity index is 967. The number of ether oxygens (including phenoxy) is 2. The van der Waals surface area contributed by atoms with Gasteiger partial charge < -0.3 is 18.9 Å². The average molecular weight is 408 g/mol. The molecule has 1 aromatic heterocycles. The number of hydrogen-bond donors (Lipinski definition) is 0. The Morgan fingerprint density at radius 2 is 1.77 bits per heavy atom. The Hall–Kier alpha value is -3.61.